The summed E-state index contributed by atoms with van der Waals surface area (Å²) in [5, 5.41) is 10.5. The molecule has 1 aliphatic rings. The maximum absolute atomic E-state index is 11.9. The van der Waals surface area contributed by atoms with Crippen LogP contribution in [0.15, 0.2) is 18.5 Å². The molecule has 1 aliphatic heterocycles. The third-order valence-electron chi connectivity index (χ3n) is 3.42. The zero-order chi connectivity index (χ0) is 12.8. The number of piperidine rings is 1. The lowest BCUT2D eigenvalue weighted by molar-refractivity contribution is -0.126. The van der Waals surface area contributed by atoms with E-state index < -0.39 is 0 Å². The Hall–Kier alpha value is -1.07. The maximum Gasteiger partial charge on any atom is 0.223 e. The third-order valence-corrected chi connectivity index (χ3v) is 3.42. The number of nitrogens with zero attached hydrogens (tertiary/aromatic N) is 2. The van der Waals surface area contributed by atoms with Crippen molar-refractivity contribution in [3.8, 4) is 0 Å². The summed E-state index contributed by atoms with van der Waals surface area (Å²) in [6.07, 6.45) is 6.54. The molecule has 0 unspecified atom stereocenters. The highest BCUT2D eigenvalue weighted by Crippen LogP contribution is 2.15. The number of halogens is 1. The second kappa shape index (κ2) is 8.17. The minimum Gasteiger partial charge on any atom is -0.356 e. The number of aryl methyl sites for hydroxylation is 1. The molecule has 1 aromatic rings. The Morgan fingerprint density at radius 2 is 2.42 bits per heavy atom. The van der Waals surface area contributed by atoms with Crippen molar-refractivity contribution >= 4 is 18.3 Å². The van der Waals surface area contributed by atoms with E-state index in [0.717, 1.165) is 38.9 Å². The molecule has 0 aromatic carbocycles. The molecule has 2 rings (SSSR count). The van der Waals surface area contributed by atoms with Crippen molar-refractivity contribution in [1.82, 2.24) is 20.4 Å². The van der Waals surface area contributed by atoms with E-state index in [0.29, 0.717) is 6.04 Å². The van der Waals surface area contributed by atoms with Crippen LogP contribution in [-0.2, 0) is 11.3 Å². The van der Waals surface area contributed by atoms with Gasteiger partial charge in [-0.05, 0) is 38.8 Å². The van der Waals surface area contributed by atoms with Crippen molar-refractivity contribution in [2.24, 2.45) is 5.92 Å². The molecule has 2 atom stereocenters. The molecular formula is C13H23ClN4O. The molecule has 0 radical (unpaired) electrons. The molecule has 2 N–H and O–H groups in total. The fraction of sp³-hybridized carbons (Fsp3) is 0.692. The van der Waals surface area contributed by atoms with Crippen LogP contribution in [0.25, 0.3) is 0 Å². The SMILES string of the molecule is C[C@H]1C[C@@H](C(=O)NCCCn2cccn2)CCN1.Cl. The van der Waals surface area contributed by atoms with Crippen molar-refractivity contribution in [3.05, 3.63) is 18.5 Å². The number of hydrogen-bond donors (Lipinski definition) is 2. The van der Waals surface area contributed by atoms with Gasteiger partial charge in [0.1, 0.15) is 0 Å². The first kappa shape index (κ1) is 16.0. The number of nitrogens with one attached hydrogen (secondary N) is 2. The predicted octanol–water partition coefficient (Wildman–Crippen LogP) is 1.20. The zero-order valence-corrected chi connectivity index (χ0v) is 12.2. The van der Waals surface area contributed by atoms with Gasteiger partial charge in [-0.2, -0.15) is 5.10 Å². The Bertz CT molecular complexity index is 369. The smallest absolute Gasteiger partial charge is 0.223 e. The van der Waals surface area contributed by atoms with Crippen molar-refractivity contribution in [2.75, 3.05) is 13.1 Å². The second-order valence-corrected chi connectivity index (χ2v) is 4.99. The molecular weight excluding hydrogens is 264 g/mol. The largest absolute Gasteiger partial charge is 0.356 e. The lowest BCUT2D eigenvalue weighted by Gasteiger charge is -2.27. The minimum absolute atomic E-state index is 0. The van der Waals surface area contributed by atoms with Crippen LogP contribution in [0.3, 0.4) is 0 Å². The van der Waals surface area contributed by atoms with Crippen LogP contribution in [0.2, 0.25) is 0 Å². The van der Waals surface area contributed by atoms with Gasteiger partial charge in [0, 0.05) is 37.4 Å². The number of carbonyl (C=O) groups excluding carboxylic acids is 1. The summed E-state index contributed by atoms with van der Waals surface area (Å²) in [6, 6.07) is 2.37. The van der Waals surface area contributed by atoms with Gasteiger partial charge in [-0.25, -0.2) is 0 Å². The Kier molecular flexibility index (Phi) is 6.87. The first-order valence-electron chi connectivity index (χ1n) is 6.74. The molecule has 5 nitrogen and oxygen atoms in total. The normalized spacial score (nSPS) is 22.6. The fourth-order valence-corrected chi connectivity index (χ4v) is 2.40. The van der Waals surface area contributed by atoms with Gasteiger partial charge in [-0.1, -0.05) is 0 Å². The van der Waals surface area contributed by atoms with E-state index in [-0.39, 0.29) is 24.2 Å². The molecule has 1 aromatic heterocycles. The first-order valence-corrected chi connectivity index (χ1v) is 6.74. The molecule has 0 bridgehead atoms. The van der Waals surface area contributed by atoms with Crippen LogP contribution >= 0.6 is 12.4 Å². The Morgan fingerprint density at radius 1 is 1.58 bits per heavy atom. The standard InChI is InChI=1S/C13H22N4O.ClH/c1-11-10-12(4-7-14-11)13(18)15-5-2-8-17-9-3-6-16-17;/h3,6,9,11-12,14H,2,4-5,7-8,10H2,1H3,(H,15,18);1H/t11-,12-;/m0./s1. The van der Waals surface area contributed by atoms with E-state index >= 15 is 0 Å². The quantitative estimate of drug-likeness (QED) is 0.800. The van der Waals surface area contributed by atoms with Gasteiger partial charge in [0.05, 0.1) is 0 Å². The Morgan fingerprint density at radius 3 is 3.11 bits per heavy atom. The Balaban J connectivity index is 0.00000180. The summed E-state index contributed by atoms with van der Waals surface area (Å²) < 4.78 is 1.89. The summed E-state index contributed by atoms with van der Waals surface area (Å²) >= 11 is 0. The monoisotopic (exact) mass is 286 g/mol. The van der Waals surface area contributed by atoms with Gasteiger partial charge in [-0.15, -0.1) is 12.4 Å². The van der Waals surface area contributed by atoms with Crippen LogP contribution in [0.1, 0.15) is 26.2 Å². The molecule has 0 aliphatic carbocycles. The highest BCUT2D eigenvalue weighted by atomic mass is 35.5. The maximum atomic E-state index is 11.9. The lowest BCUT2D eigenvalue weighted by Crippen LogP contribution is -2.42. The second-order valence-electron chi connectivity index (χ2n) is 4.99. The summed E-state index contributed by atoms with van der Waals surface area (Å²) in [5.74, 6) is 0.398. The van der Waals surface area contributed by atoms with Crippen LogP contribution in [-0.4, -0.2) is 34.8 Å². The van der Waals surface area contributed by atoms with E-state index in [1.54, 1.807) is 6.20 Å². The summed E-state index contributed by atoms with van der Waals surface area (Å²) in [6.45, 7) is 4.68. The number of amides is 1. The number of carbonyl (C=O) groups is 1. The molecule has 6 heteroatoms. The average molecular weight is 287 g/mol. The first-order chi connectivity index (χ1) is 8.75. The van der Waals surface area contributed by atoms with Crippen molar-refractivity contribution < 1.29 is 4.79 Å². The topological polar surface area (TPSA) is 59.0 Å². The lowest BCUT2D eigenvalue weighted by atomic mass is 9.92. The van der Waals surface area contributed by atoms with E-state index in [1.807, 2.05) is 16.9 Å². The average Bonchev–Trinajstić information content (AvgIpc) is 2.87. The van der Waals surface area contributed by atoms with Gasteiger partial charge in [0.15, 0.2) is 0 Å². The van der Waals surface area contributed by atoms with Crippen LogP contribution < -0.4 is 10.6 Å². The van der Waals surface area contributed by atoms with Gasteiger partial charge in [-0.3, -0.25) is 9.48 Å². The van der Waals surface area contributed by atoms with Crippen molar-refractivity contribution in [1.29, 1.82) is 0 Å². The summed E-state index contributed by atoms with van der Waals surface area (Å²) in [7, 11) is 0. The van der Waals surface area contributed by atoms with Gasteiger partial charge in [0.25, 0.3) is 0 Å². The Labute approximate surface area is 120 Å². The van der Waals surface area contributed by atoms with Gasteiger partial charge < -0.3 is 10.6 Å². The molecule has 0 saturated carbocycles. The molecule has 0 spiro atoms. The zero-order valence-electron chi connectivity index (χ0n) is 11.3. The van der Waals surface area contributed by atoms with E-state index in [2.05, 4.69) is 22.7 Å². The highest BCUT2D eigenvalue weighted by Gasteiger charge is 2.23. The van der Waals surface area contributed by atoms with Crippen LogP contribution in [0, 0.1) is 5.92 Å². The van der Waals surface area contributed by atoms with E-state index in [1.165, 1.54) is 0 Å². The molecule has 1 amide bonds. The number of aromatic nitrogens is 2. The third kappa shape index (κ3) is 5.20. The molecule has 2 heterocycles. The number of rotatable bonds is 5. The van der Waals surface area contributed by atoms with E-state index in [9.17, 15) is 4.79 Å². The molecule has 1 saturated heterocycles. The summed E-state index contributed by atoms with van der Waals surface area (Å²) in [4.78, 5) is 11.9. The highest BCUT2D eigenvalue weighted by molar-refractivity contribution is 5.85. The molecule has 1 fully saturated rings. The van der Waals surface area contributed by atoms with E-state index in [4.69, 9.17) is 0 Å². The van der Waals surface area contributed by atoms with Crippen LogP contribution in [0.4, 0.5) is 0 Å². The van der Waals surface area contributed by atoms with Crippen molar-refractivity contribution in [3.63, 3.8) is 0 Å². The van der Waals surface area contributed by atoms with Crippen molar-refractivity contribution in [2.45, 2.75) is 38.8 Å². The number of hydrogen-bond acceptors (Lipinski definition) is 3. The summed E-state index contributed by atoms with van der Waals surface area (Å²) in [5.41, 5.74) is 0. The minimum atomic E-state index is 0. The fourth-order valence-electron chi connectivity index (χ4n) is 2.40. The predicted molar refractivity (Wildman–Crippen MR) is 77.3 cm³/mol. The van der Waals surface area contributed by atoms with Gasteiger partial charge in [0.2, 0.25) is 5.91 Å². The van der Waals surface area contributed by atoms with Crippen LogP contribution in [0.5, 0.6) is 0 Å². The molecule has 108 valence electrons. The molecule has 19 heavy (non-hydrogen) atoms. The van der Waals surface area contributed by atoms with Gasteiger partial charge >= 0.3 is 0 Å².